The smallest absolute Gasteiger partial charge is 0.335 e. The van der Waals surface area contributed by atoms with Crippen molar-refractivity contribution in [3.05, 3.63) is 131 Å². The van der Waals surface area contributed by atoms with Crippen LogP contribution in [0.2, 0.25) is 0 Å². The number of aromatic hydroxyl groups is 1. The molecule has 0 bridgehead atoms. The Labute approximate surface area is 302 Å². The van der Waals surface area contributed by atoms with Crippen LogP contribution >= 0.6 is 0 Å². The number of anilines is 2. The second-order valence-electron chi connectivity index (χ2n) is 13.8. The quantitative estimate of drug-likeness (QED) is 0.158. The minimum atomic E-state index is -1.23. The first kappa shape index (κ1) is 33.6. The molecule has 12 nitrogen and oxygen atoms in total. The lowest BCUT2D eigenvalue weighted by atomic mass is 9.57. The van der Waals surface area contributed by atoms with Gasteiger partial charge in [0.05, 0.1) is 46.2 Å². The molecular weight excluding hydrogens is 680 g/mol. The number of allylic oxidation sites excluding steroid dienone is 2. The lowest BCUT2D eigenvalue weighted by Gasteiger charge is -2.44. The maximum absolute atomic E-state index is 14.4. The third-order valence-corrected chi connectivity index (χ3v) is 10.9. The van der Waals surface area contributed by atoms with E-state index in [0.717, 1.165) is 15.4 Å². The van der Waals surface area contributed by atoms with Crippen molar-refractivity contribution >= 4 is 46.9 Å². The van der Waals surface area contributed by atoms with E-state index in [1.807, 2.05) is 36.4 Å². The fourth-order valence-electron chi connectivity index (χ4n) is 8.62. The number of carboxylic acid groups (broad SMARTS) is 2. The van der Waals surface area contributed by atoms with E-state index >= 15 is 0 Å². The van der Waals surface area contributed by atoms with Gasteiger partial charge in [-0.15, -0.1) is 0 Å². The summed E-state index contributed by atoms with van der Waals surface area (Å²) in [6, 6.07) is 25.3. The number of benzene rings is 4. The van der Waals surface area contributed by atoms with E-state index in [2.05, 4.69) is 0 Å². The van der Waals surface area contributed by atoms with Crippen LogP contribution in [0.25, 0.3) is 0 Å². The summed E-state index contributed by atoms with van der Waals surface area (Å²) in [4.78, 5) is 82.5. The lowest BCUT2D eigenvalue weighted by molar-refractivity contribution is -0.126. The van der Waals surface area contributed by atoms with Gasteiger partial charge in [-0.3, -0.25) is 29.0 Å². The molecule has 2 aliphatic heterocycles. The monoisotopic (exact) mass is 712 g/mol. The van der Waals surface area contributed by atoms with Crippen LogP contribution in [0.3, 0.4) is 0 Å². The number of rotatable bonds is 8. The normalized spacial score (nSPS) is 24.7. The van der Waals surface area contributed by atoms with Gasteiger partial charge in [-0.25, -0.2) is 9.59 Å². The molecule has 4 aromatic carbocycles. The number of hydrogen-bond donors (Lipinski definition) is 3. The molecule has 6 unspecified atom stereocenters. The van der Waals surface area contributed by atoms with Gasteiger partial charge in [-0.2, -0.15) is 0 Å². The molecule has 53 heavy (non-hydrogen) atoms. The molecule has 266 valence electrons. The molecule has 12 heteroatoms. The van der Waals surface area contributed by atoms with Gasteiger partial charge in [0, 0.05) is 17.5 Å². The third kappa shape index (κ3) is 5.54. The fourth-order valence-corrected chi connectivity index (χ4v) is 8.62. The number of ether oxygens (including phenoxy) is 1. The van der Waals surface area contributed by atoms with E-state index in [1.165, 1.54) is 54.6 Å². The summed E-state index contributed by atoms with van der Waals surface area (Å²) < 4.78 is 5.94. The highest BCUT2D eigenvalue weighted by atomic mass is 16.5. The van der Waals surface area contributed by atoms with Crippen LogP contribution in [0.1, 0.15) is 50.6 Å². The number of carbonyl (C=O) groups excluding carboxylic acids is 4. The van der Waals surface area contributed by atoms with Crippen molar-refractivity contribution in [1.29, 1.82) is 0 Å². The number of carbonyl (C=O) groups is 6. The summed E-state index contributed by atoms with van der Waals surface area (Å²) in [5.74, 6) is -9.66. The SMILES string of the molecule is O=C(O)c1cccc(N2C(=O)C3CC=C4C(CC5C(=O)N(c6cccc(C(=O)O)c6)C(=O)C5C4c4ccc(OCc5ccccc5)cc4O)C3C2=O)c1. The number of fused-ring (bicyclic) bond motifs is 4. The zero-order valence-corrected chi connectivity index (χ0v) is 28.0. The van der Waals surface area contributed by atoms with Crippen molar-refractivity contribution in [1.82, 2.24) is 0 Å². The van der Waals surface area contributed by atoms with Crippen LogP contribution in [-0.2, 0) is 25.8 Å². The Kier molecular flexibility index (Phi) is 8.17. The Balaban J connectivity index is 1.20. The molecule has 4 aliphatic rings. The van der Waals surface area contributed by atoms with Crippen molar-refractivity contribution in [2.45, 2.75) is 25.4 Å². The predicted octanol–water partition coefficient (Wildman–Crippen LogP) is 5.41. The number of nitrogens with zero attached hydrogens (tertiary/aromatic N) is 2. The summed E-state index contributed by atoms with van der Waals surface area (Å²) in [5.41, 5.74) is 1.91. The number of phenolic OH excluding ortho intramolecular Hbond substituents is 1. The first-order chi connectivity index (χ1) is 25.5. The van der Waals surface area contributed by atoms with Gasteiger partial charge in [0.2, 0.25) is 23.6 Å². The zero-order valence-electron chi connectivity index (χ0n) is 28.0. The molecule has 0 spiro atoms. The standard InChI is InChI=1S/C41H32N2O10/c44-32-18-26(53-20-21-6-2-1-3-7-21)12-13-28(32)33-27-14-15-29-34(38(47)42(36(29)45)24-10-4-8-22(16-24)40(49)50)30(27)19-31-35(33)39(48)43(37(31)46)25-11-5-9-23(17-25)41(51)52/h1-14,16-18,29-31,33-35,44H,15,19-20H2,(H,49,50)(H,51,52). The van der Waals surface area contributed by atoms with Crippen LogP contribution in [0.15, 0.2) is 109 Å². The predicted molar refractivity (Wildman–Crippen MR) is 188 cm³/mol. The van der Waals surface area contributed by atoms with Crippen LogP contribution in [0.5, 0.6) is 11.5 Å². The number of amides is 4. The zero-order chi connectivity index (χ0) is 37.1. The van der Waals surface area contributed by atoms with Gasteiger partial charge < -0.3 is 20.1 Å². The number of phenols is 1. The number of carboxylic acids is 2. The Morgan fingerprint density at radius 1 is 0.660 bits per heavy atom. The molecule has 1 saturated carbocycles. The van der Waals surface area contributed by atoms with Gasteiger partial charge >= 0.3 is 11.9 Å². The van der Waals surface area contributed by atoms with Gasteiger partial charge in [-0.1, -0.05) is 60.2 Å². The van der Waals surface area contributed by atoms with Crippen molar-refractivity contribution in [3.63, 3.8) is 0 Å². The van der Waals surface area contributed by atoms with E-state index in [0.29, 0.717) is 16.9 Å². The molecule has 4 amide bonds. The molecule has 2 aliphatic carbocycles. The van der Waals surface area contributed by atoms with Gasteiger partial charge in [0.15, 0.2) is 0 Å². The minimum Gasteiger partial charge on any atom is -0.508 e. The molecule has 8 rings (SSSR count). The molecule has 0 aromatic heterocycles. The van der Waals surface area contributed by atoms with Crippen LogP contribution in [0.4, 0.5) is 11.4 Å². The van der Waals surface area contributed by atoms with Gasteiger partial charge in [0.25, 0.3) is 0 Å². The van der Waals surface area contributed by atoms with Crippen molar-refractivity contribution < 1.29 is 48.8 Å². The van der Waals surface area contributed by atoms with E-state index in [4.69, 9.17) is 4.74 Å². The van der Waals surface area contributed by atoms with Gasteiger partial charge in [0.1, 0.15) is 18.1 Å². The highest BCUT2D eigenvalue weighted by Gasteiger charge is 2.62. The summed E-state index contributed by atoms with van der Waals surface area (Å²) >= 11 is 0. The number of aromatic carboxylic acids is 2. The number of imide groups is 2. The Hall–Kier alpha value is -6.56. The highest BCUT2D eigenvalue weighted by molar-refractivity contribution is 6.24. The molecule has 0 radical (unpaired) electrons. The minimum absolute atomic E-state index is 0.0505. The van der Waals surface area contributed by atoms with Crippen molar-refractivity contribution in [2.75, 3.05) is 9.80 Å². The second-order valence-corrected chi connectivity index (χ2v) is 13.8. The average Bonchev–Trinajstić information content (AvgIpc) is 3.57. The summed E-state index contributed by atoms with van der Waals surface area (Å²) in [6.07, 6.45) is 2.03. The van der Waals surface area contributed by atoms with E-state index < -0.39 is 71.1 Å². The molecule has 6 atom stereocenters. The summed E-state index contributed by atoms with van der Waals surface area (Å²) in [7, 11) is 0. The van der Waals surface area contributed by atoms with Gasteiger partial charge in [-0.05, 0) is 66.8 Å². The summed E-state index contributed by atoms with van der Waals surface area (Å²) in [6.45, 7) is 0.240. The first-order valence-corrected chi connectivity index (χ1v) is 17.2. The maximum Gasteiger partial charge on any atom is 0.335 e. The average molecular weight is 713 g/mol. The highest BCUT2D eigenvalue weighted by Crippen LogP contribution is 2.59. The first-order valence-electron chi connectivity index (χ1n) is 17.2. The molecular formula is C41H32N2O10. The van der Waals surface area contributed by atoms with Crippen LogP contribution < -0.4 is 14.5 Å². The molecule has 3 N–H and O–H groups in total. The van der Waals surface area contributed by atoms with Crippen LogP contribution in [-0.4, -0.2) is 50.9 Å². The van der Waals surface area contributed by atoms with E-state index in [9.17, 15) is 44.1 Å². The van der Waals surface area contributed by atoms with Crippen molar-refractivity contribution in [2.24, 2.45) is 29.6 Å². The molecule has 2 saturated heterocycles. The Morgan fingerprint density at radius 3 is 1.87 bits per heavy atom. The molecule has 4 aromatic rings. The van der Waals surface area contributed by atoms with Crippen LogP contribution in [0, 0.1) is 29.6 Å². The Bertz CT molecular complexity index is 2270. The topological polar surface area (TPSA) is 179 Å². The maximum atomic E-state index is 14.4. The second kappa shape index (κ2) is 12.9. The Morgan fingerprint density at radius 2 is 1.26 bits per heavy atom. The number of hydrogen-bond acceptors (Lipinski definition) is 8. The molecule has 2 heterocycles. The third-order valence-electron chi connectivity index (χ3n) is 10.9. The van der Waals surface area contributed by atoms with E-state index in [1.54, 1.807) is 12.1 Å². The summed E-state index contributed by atoms with van der Waals surface area (Å²) in [5, 5.41) is 30.8. The van der Waals surface area contributed by atoms with Crippen molar-refractivity contribution in [3.8, 4) is 11.5 Å². The lowest BCUT2D eigenvalue weighted by Crippen LogP contribution is -2.43. The largest absolute Gasteiger partial charge is 0.508 e. The fraction of sp³-hybridized carbons (Fsp3) is 0.220. The molecule has 3 fully saturated rings. The van der Waals surface area contributed by atoms with E-state index in [-0.39, 0.29) is 47.7 Å².